The Kier molecular flexibility index (Phi) is 4.11. The molecule has 0 aromatic heterocycles. The first kappa shape index (κ1) is 14.3. The number of benzene rings is 1. The fourth-order valence-electron chi connectivity index (χ4n) is 1.22. The van der Waals surface area contributed by atoms with Crippen LogP contribution in [0.15, 0.2) is 28.7 Å². The van der Waals surface area contributed by atoms with Crippen LogP contribution in [0, 0.1) is 0 Å². The molecular weight excluding hydrogens is 314 g/mol. The van der Waals surface area contributed by atoms with Gasteiger partial charge in [-0.15, -0.1) is 0 Å². The van der Waals surface area contributed by atoms with E-state index in [1.165, 1.54) is 24.3 Å². The lowest BCUT2D eigenvalue weighted by Gasteiger charge is -2.23. The lowest BCUT2D eigenvalue weighted by molar-refractivity contribution is -0.243. The van der Waals surface area contributed by atoms with Crippen molar-refractivity contribution in [2.24, 2.45) is 0 Å². The highest BCUT2D eigenvalue weighted by atomic mass is 79.9. The largest absolute Gasteiger partial charge is 0.425 e. The monoisotopic (exact) mass is 320 g/mol. The summed E-state index contributed by atoms with van der Waals surface area (Å²) in [4.78, 5) is 0. The SMILES string of the molecule is FC(C(F)(F)F)C(F)(F)Cc1ccccc1Br. The van der Waals surface area contributed by atoms with Crippen molar-refractivity contribution >= 4 is 15.9 Å². The minimum absolute atomic E-state index is 0.0793. The van der Waals surface area contributed by atoms with Gasteiger partial charge >= 0.3 is 6.18 Å². The van der Waals surface area contributed by atoms with Crippen LogP contribution in [-0.4, -0.2) is 18.3 Å². The molecule has 1 atom stereocenters. The number of alkyl halides is 6. The van der Waals surface area contributed by atoms with Crippen molar-refractivity contribution in [3.05, 3.63) is 34.3 Å². The first-order valence-corrected chi connectivity index (χ1v) is 5.26. The van der Waals surface area contributed by atoms with Crippen molar-refractivity contribution < 1.29 is 26.3 Å². The molecule has 0 aliphatic rings. The van der Waals surface area contributed by atoms with Gasteiger partial charge in [-0.1, -0.05) is 34.1 Å². The van der Waals surface area contributed by atoms with E-state index in [2.05, 4.69) is 15.9 Å². The molecule has 1 aromatic rings. The van der Waals surface area contributed by atoms with E-state index in [4.69, 9.17) is 0 Å². The van der Waals surface area contributed by atoms with E-state index in [9.17, 15) is 26.3 Å². The fourth-order valence-corrected chi connectivity index (χ4v) is 1.65. The Morgan fingerprint density at radius 3 is 2.06 bits per heavy atom. The molecule has 1 unspecified atom stereocenters. The van der Waals surface area contributed by atoms with Crippen LogP contribution < -0.4 is 0 Å². The fraction of sp³-hybridized carbons (Fsp3) is 0.400. The van der Waals surface area contributed by atoms with E-state index in [1.807, 2.05) is 0 Å². The van der Waals surface area contributed by atoms with E-state index in [0.29, 0.717) is 0 Å². The third-order valence-electron chi connectivity index (χ3n) is 2.04. The molecule has 1 aromatic carbocycles. The third-order valence-corrected chi connectivity index (χ3v) is 2.82. The second-order valence-electron chi connectivity index (χ2n) is 3.43. The molecule has 7 heteroatoms. The first-order chi connectivity index (χ1) is 7.64. The van der Waals surface area contributed by atoms with E-state index < -0.39 is 24.7 Å². The van der Waals surface area contributed by atoms with Crippen molar-refractivity contribution in [3.8, 4) is 0 Å². The van der Waals surface area contributed by atoms with Gasteiger partial charge in [0, 0.05) is 10.9 Å². The summed E-state index contributed by atoms with van der Waals surface area (Å²) in [6.07, 6.45) is -11.0. The predicted molar refractivity (Wildman–Crippen MR) is 53.7 cm³/mol. The normalized spacial score (nSPS) is 14.8. The smallest absolute Gasteiger partial charge is 0.231 e. The second kappa shape index (κ2) is 4.88. The quantitative estimate of drug-likeness (QED) is 0.718. The molecule has 0 N–H and O–H groups in total. The molecule has 1 rings (SSSR count). The standard InChI is InChI=1S/C10H7BrF6/c11-7-4-2-1-3-6(7)5-9(13,14)8(12)10(15,16)17/h1-4,8H,5H2. The van der Waals surface area contributed by atoms with Crippen LogP contribution in [0.1, 0.15) is 5.56 Å². The molecule has 17 heavy (non-hydrogen) atoms. The van der Waals surface area contributed by atoms with Crippen molar-refractivity contribution in [2.45, 2.75) is 24.7 Å². The zero-order chi connectivity index (χ0) is 13.3. The summed E-state index contributed by atoms with van der Waals surface area (Å²) < 4.78 is 74.6. The van der Waals surface area contributed by atoms with Crippen LogP contribution in [0.4, 0.5) is 26.3 Å². The summed E-state index contributed by atoms with van der Waals surface area (Å²) in [6, 6.07) is 5.51. The van der Waals surface area contributed by atoms with E-state index >= 15 is 0 Å². The van der Waals surface area contributed by atoms with Gasteiger partial charge in [-0.2, -0.15) is 13.2 Å². The van der Waals surface area contributed by atoms with Crippen LogP contribution in [-0.2, 0) is 6.42 Å². The van der Waals surface area contributed by atoms with E-state index in [0.717, 1.165) is 0 Å². The molecule has 0 saturated carbocycles. The van der Waals surface area contributed by atoms with Gasteiger partial charge in [-0.25, -0.2) is 13.2 Å². The van der Waals surface area contributed by atoms with Gasteiger partial charge in [0.15, 0.2) is 0 Å². The average molecular weight is 321 g/mol. The molecule has 0 aliphatic heterocycles. The van der Waals surface area contributed by atoms with Crippen LogP contribution in [0.2, 0.25) is 0 Å². The molecule has 0 spiro atoms. The molecule has 0 bridgehead atoms. The summed E-state index contributed by atoms with van der Waals surface area (Å²) >= 11 is 2.91. The maximum atomic E-state index is 13.1. The van der Waals surface area contributed by atoms with Gasteiger partial charge in [0.05, 0.1) is 0 Å². The van der Waals surface area contributed by atoms with Crippen LogP contribution >= 0.6 is 15.9 Å². The predicted octanol–water partition coefficient (Wildman–Crippen LogP) is 4.53. The van der Waals surface area contributed by atoms with Crippen molar-refractivity contribution in [1.29, 1.82) is 0 Å². The summed E-state index contributed by atoms with van der Waals surface area (Å²) in [5.74, 6) is -4.48. The topological polar surface area (TPSA) is 0 Å². The number of hydrogen-bond donors (Lipinski definition) is 0. The molecule has 0 saturated heterocycles. The van der Waals surface area contributed by atoms with Crippen LogP contribution in [0.25, 0.3) is 0 Å². The lowest BCUT2D eigenvalue weighted by atomic mass is 10.0. The average Bonchev–Trinajstić information content (AvgIpc) is 2.19. The highest BCUT2D eigenvalue weighted by molar-refractivity contribution is 9.10. The second-order valence-corrected chi connectivity index (χ2v) is 4.29. The Hall–Kier alpha value is -0.720. The molecular formula is C10H7BrF6. The van der Waals surface area contributed by atoms with Crippen molar-refractivity contribution in [3.63, 3.8) is 0 Å². The maximum Gasteiger partial charge on any atom is 0.425 e. The first-order valence-electron chi connectivity index (χ1n) is 4.46. The van der Waals surface area contributed by atoms with E-state index in [-0.39, 0.29) is 10.0 Å². The molecule has 0 nitrogen and oxygen atoms in total. The molecule has 0 radical (unpaired) electrons. The van der Waals surface area contributed by atoms with Gasteiger partial charge in [0.1, 0.15) is 0 Å². The maximum absolute atomic E-state index is 13.1. The lowest BCUT2D eigenvalue weighted by Crippen LogP contribution is -2.43. The number of hydrogen-bond acceptors (Lipinski definition) is 0. The van der Waals surface area contributed by atoms with Crippen molar-refractivity contribution in [2.75, 3.05) is 0 Å². The molecule has 0 heterocycles. The Bertz CT molecular complexity index is 387. The summed E-state index contributed by atoms with van der Waals surface area (Å²) in [7, 11) is 0. The molecule has 0 amide bonds. The Balaban J connectivity index is 2.90. The highest BCUT2D eigenvalue weighted by Crippen LogP contribution is 2.37. The number of rotatable bonds is 3. The van der Waals surface area contributed by atoms with Crippen molar-refractivity contribution in [1.82, 2.24) is 0 Å². The molecule has 0 fully saturated rings. The van der Waals surface area contributed by atoms with Crippen LogP contribution in [0.5, 0.6) is 0 Å². The van der Waals surface area contributed by atoms with Gasteiger partial charge in [0.2, 0.25) is 0 Å². The summed E-state index contributed by atoms with van der Waals surface area (Å²) in [5, 5.41) is 0. The Morgan fingerprint density at radius 2 is 1.59 bits per heavy atom. The van der Waals surface area contributed by atoms with Gasteiger partial charge in [0.25, 0.3) is 12.1 Å². The molecule has 0 aliphatic carbocycles. The molecule has 96 valence electrons. The Morgan fingerprint density at radius 1 is 1.06 bits per heavy atom. The number of halogens is 7. The van der Waals surface area contributed by atoms with Gasteiger partial charge in [-0.3, -0.25) is 0 Å². The van der Waals surface area contributed by atoms with E-state index in [1.54, 1.807) is 0 Å². The van der Waals surface area contributed by atoms with Crippen LogP contribution in [0.3, 0.4) is 0 Å². The summed E-state index contributed by atoms with van der Waals surface area (Å²) in [5.41, 5.74) is -0.0793. The zero-order valence-electron chi connectivity index (χ0n) is 8.24. The zero-order valence-corrected chi connectivity index (χ0v) is 9.83. The highest BCUT2D eigenvalue weighted by Gasteiger charge is 2.56. The third kappa shape index (κ3) is 3.62. The minimum Gasteiger partial charge on any atom is -0.231 e. The Labute approximate surface area is 102 Å². The van der Waals surface area contributed by atoms with Gasteiger partial charge < -0.3 is 0 Å². The van der Waals surface area contributed by atoms with Gasteiger partial charge in [-0.05, 0) is 11.6 Å². The minimum atomic E-state index is -5.56. The summed E-state index contributed by atoms with van der Waals surface area (Å²) in [6.45, 7) is 0.